The van der Waals surface area contributed by atoms with Crippen LogP contribution < -0.4 is 10.4 Å². The summed E-state index contributed by atoms with van der Waals surface area (Å²) in [5.74, 6) is -2.18. The average Bonchev–Trinajstić information content (AvgIpc) is 2.87. The molecule has 5 nitrogen and oxygen atoms in total. The van der Waals surface area contributed by atoms with Gasteiger partial charge in [-0.2, -0.15) is 0 Å². The van der Waals surface area contributed by atoms with Crippen molar-refractivity contribution in [3.63, 3.8) is 0 Å². The zero-order valence-electron chi connectivity index (χ0n) is 10.5. The fraction of sp³-hybridized carbons (Fsp3) is 0.0714. The summed E-state index contributed by atoms with van der Waals surface area (Å²) in [5, 5.41) is 15.2. The first-order chi connectivity index (χ1) is 9.50. The number of nitrogens with one attached hydrogen (secondary N) is 1. The fourth-order valence-electron chi connectivity index (χ4n) is 1.73. The van der Waals surface area contributed by atoms with Crippen molar-refractivity contribution >= 4 is 34.7 Å². The van der Waals surface area contributed by atoms with Crippen LogP contribution in [-0.4, -0.2) is 17.7 Å². The molecule has 1 aromatic heterocycles. The fourth-order valence-corrected chi connectivity index (χ4v) is 2.48. The van der Waals surface area contributed by atoms with E-state index < -0.39 is 11.9 Å². The molecule has 0 aliphatic carbocycles. The Kier molecular flexibility index (Phi) is 3.95. The summed E-state index contributed by atoms with van der Waals surface area (Å²) in [6, 6.07) is 7.35. The number of hydrogen-bond donors (Lipinski definition) is 1. The first kappa shape index (κ1) is 14.0. The minimum absolute atomic E-state index is 0.00629. The maximum Gasteiger partial charge on any atom is 0.256 e. The number of amides is 1. The van der Waals surface area contributed by atoms with Gasteiger partial charge in [0.1, 0.15) is 0 Å². The number of rotatable bonds is 4. The van der Waals surface area contributed by atoms with Crippen LogP contribution in [0.15, 0.2) is 35.7 Å². The minimum atomic E-state index is -1.42. The van der Waals surface area contributed by atoms with Crippen molar-refractivity contribution in [2.45, 2.75) is 6.92 Å². The zero-order valence-corrected chi connectivity index (χ0v) is 11.3. The quantitative estimate of drug-likeness (QED) is 0.865. The van der Waals surface area contributed by atoms with E-state index in [0.29, 0.717) is 10.6 Å². The molecular formula is C14H10NO4S-. The van der Waals surface area contributed by atoms with E-state index in [1.165, 1.54) is 36.5 Å². The summed E-state index contributed by atoms with van der Waals surface area (Å²) in [5.41, 5.74) is 0.179. The van der Waals surface area contributed by atoms with Gasteiger partial charge in [0.05, 0.1) is 16.5 Å². The molecule has 0 saturated carbocycles. The Labute approximate surface area is 118 Å². The van der Waals surface area contributed by atoms with E-state index in [-0.39, 0.29) is 16.9 Å². The summed E-state index contributed by atoms with van der Waals surface area (Å²) >= 11 is 1.21. The number of aromatic carboxylic acids is 1. The van der Waals surface area contributed by atoms with Crippen molar-refractivity contribution in [1.29, 1.82) is 0 Å². The molecule has 0 aliphatic heterocycles. The van der Waals surface area contributed by atoms with Gasteiger partial charge in [0, 0.05) is 18.1 Å². The molecule has 1 N–H and O–H groups in total. The predicted octanol–water partition coefficient (Wildman–Crippen LogP) is 1.57. The lowest BCUT2D eigenvalue weighted by atomic mass is 10.1. The van der Waals surface area contributed by atoms with Crippen molar-refractivity contribution in [3.05, 3.63) is 51.7 Å². The number of ketones is 1. The van der Waals surface area contributed by atoms with Gasteiger partial charge in [0.15, 0.2) is 5.78 Å². The van der Waals surface area contributed by atoms with E-state index in [9.17, 15) is 19.5 Å². The number of benzene rings is 1. The first-order valence-corrected chi connectivity index (χ1v) is 6.59. The lowest BCUT2D eigenvalue weighted by molar-refractivity contribution is -0.255. The molecule has 2 aromatic rings. The standard InChI is InChI=1S/C14H11NO4S/c1-8(16)12-11(6-7-20-12)15-13(17)9-4-2-3-5-10(9)14(18)19/h2-7H,1H3,(H,15,17)(H,18,19)/p-1. The highest BCUT2D eigenvalue weighted by molar-refractivity contribution is 7.12. The van der Waals surface area contributed by atoms with Crippen LogP contribution in [0.25, 0.3) is 0 Å². The number of hydrogen-bond acceptors (Lipinski definition) is 5. The predicted molar refractivity (Wildman–Crippen MR) is 73.0 cm³/mol. The van der Waals surface area contributed by atoms with Crippen LogP contribution >= 0.6 is 11.3 Å². The molecule has 0 unspecified atom stereocenters. The number of carbonyl (C=O) groups is 3. The highest BCUT2D eigenvalue weighted by atomic mass is 32.1. The van der Waals surface area contributed by atoms with E-state index in [1.807, 2.05) is 0 Å². The molecule has 1 heterocycles. The Morgan fingerprint density at radius 2 is 1.75 bits per heavy atom. The molecule has 0 saturated heterocycles. The first-order valence-electron chi connectivity index (χ1n) is 5.71. The molecule has 0 bridgehead atoms. The molecule has 1 aromatic carbocycles. The molecule has 0 spiro atoms. The second-order valence-corrected chi connectivity index (χ2v) is 4.92. The molecule has 0 aliphatic rings. The molecule has 0 atom stereocenters. The van der Waals surface area contributed by atoms with Gasteiger partial charge in [-0.3, -0.25) is 9.59 Å². The Balaban J connectivity index is 2.31. The Bertz CT molecular complexity index is 690. The van der Waals surface area contributed by atoms with Crippen LogP contribution in [0.4, 0.5) is 5.69 Å². The van der Waals surface area contributed by atoms with Crippen LogP contribution in [0.1, 0.15) is 37.3 Å². The van der Waals surface area contributed by atoms with Crippen molar-refractivity contribution in [2.75, 3.05) is 5.32 Å². The van der Waals surface area contributed by atoms with Crippen molar-refractivity contribution in [1.82, 2.24) is 0 Å². The highest BCUT2D eigenvalue weighted by Gasteiger charge is 2.15. The van der Waals surface area contributed by atoms with Crippen LogP contribution in [0.2, 0.25) is 0 Å². The summed E-state index contributed by atoms with van der Waals surface area (Å²) < 4.78 is 0. The van der Waals surface area contributed by atoms with E-state index in [0.717, 1.165) is 0 Å². The number of carbonyl (C=O) groups excluding carboxylic acids is 3. The van der Waals surface area contributed by atoms with Gasteiger partial charge in [0.25, 0.3) is 5.91 Å². The molecule has 102 valence electrons. The maximum atomic E-state index is 12.1. The largest absolute Gasteiger partial charge is 0.545 e. The van der Waals surface area contributed by atoms with Gasteiger partial charge in [-0.1, -0.05) is 18.2 Å². The molecule has 6 heteroatoms. The summed E-state index contributed by atoms with van der Waals surface area (Å²) in [4.78, 5) is 34.9. The Morgan fingerprint density at radius 1 is 1.10 bits per heavy atom. The van der Waals surface area contributed by atoms with Gasteiger partial charge < -0.3 is 15.2 Å². The van der Waals surface area contributed by atoms with Gasteiger partial charge in [-0.15, -0.1) is 11.3 Å². The Morgan fingerprint density at radius 3 is 2.35 bits per heavy atom. The van der Waals surface area contributed by atoms with E-state index in [2.05, 4.69) is 5.32 Å². The highest BCUT2D eigenvalue weighted by Crippen LogP contribution is 2.23. The number of anilines is 1. The van der Waals surface area contributed by atoms with Crippen molar-refractivity contribution < 1.29 is 19.5 Å². The summed E-state index contributed by atoms with van der Waals surface area (Å²) in [6.45, 7) is 1.40. The van der Waals surface area contributed by atoms with E-state index in [1.54, 1.807) is 17.5 Å². The monoisotopic (exact) mass is 288 g/mol. The lowest BCUT2D eigenvalue weighted by Gasteiger charge is -2.10. The second-order valence-electron chi connectivity index (χ2n) is 4.01. The minimum Gasteiger partial charge on any atom is -0.545 e. The molecular weight excluding hydrogens is 278 g/mol. The zero-order chi connectivity index (χ0) is 14.7. The number of Topliss-reactive ketones (excluding diaryl/α,β-unsaturated/α-hetero) is 1. The molecule has 20 heavy (non-hydrogen) atoms. The number of carboxylic acid groups (broad SMARTS) is 1. The van der Waals surface area contributed by atoms with Crippen molar-refractivity contribution in [3.8, 4) is 0 Å². The van der Waals surface area contributed by atoms with Crippen LogP contribution in [0, 0.1) is 0 Å². The SMILES string of the molecule is CC(=O)c1sccc1NC(=O)c1ccccc1C(=O)[O-]. The van der Waals surface area contributed by atoms with E-state index in [4.69, 9.17) is 0 Å². The maximum absolute atomic E-state index is 12.1. The van der Waals surface area contributed by atoms with Crippen LogP contribution in [0.5, 0.6) is 0 Å². The van der Waals surface area contributed by atoms with Crippen LogP contribution in [-0.2, 0) is 0 Å². The molecule has 0 fully saturated rings. The third kappa shape index (κ3) is 2.75. The van der Waals surface area contributed by atoms with Gasteiger partial charge >= 0.3 is 0 Å². The van der Waals surface area contributed by atoms with E-state index >= 15 is 0 Å². The van der Waals surface area contributed by atoms with Gasteiger partial charge in [-0.25, -0.2) is 0 Å². The molecule has 1 amide bonds. The third-order valence-electron chi connectivity index (χ3n) is 2.62. The topological polar surface area (TPSA) is 86.3 Å². The van der Waals surface area contributed by atoms with Gasteiger partial charge in [0.2, 0.25) is 0 Å². The summed E-state index contributed by atoms with van der Waals surface area (Å²) in [6.07, 6.45) is 0. The number of thiophene rings is 1. The molecule has 2 rings (SSSR count). The smallest absolute Gasteiger partial charge is 0.256 e. The number of carboxylic acids is 1. The van der Waals surface area contributed by atoms with Gasteiger partial charge in [-0.05, 0) is 17.5 Å². The Hall–Kier alpha value is -2.47. The van der Waals surface area contributed by atoms with Crippen molar-refractivity contribution in [2.24, 2.45) is 0 Å². The van der Waals surface area contributed by atoms with Crippen LogP contribution in [0.3, 0.4) is 0 Å². The lowest BCUT2D eigenvalue weighted by Crippen LogP contribution is -2.26. The summed E-state index contributed by atoms with van der Waals surface area (Å²) in [7, 11) is 0. The second kappa shape index (κ2) is 5.66. The average molecular weight is 288 g/mol. The molecule has 0 radical (unpaired) electrons. The third-order valence-corrected chi connectivity index (χ3v) is 3.64. The normalized spacial score (nSPS) is 10.1.